The first-order valence-electron chi connectivity index (χ1n) is 14.0. The highest BCUT2D eigenvalue weighted by Crippen LogP contribution is 2.50. The highest BCUT2D eigenvalue weighted by atomic mass is 16.2. The summed E-state index contributed by atoms with van der Waals surface area (Å²) in [5, 5.41) is 7.15. The molecule has 2 aromatic carbocycles. The van der Waals surface area contributed by atoms with Crippen molar-refractivity contribution in [2.75, 3.05) is 11.9 Å². The van der Waals surface area contributed by atoms with Crippen LogP contribution in [0.25, 0.3) is 0 Å². The number of anilines is 1. The second-order valence-electron chi connectivity index (χ2n) is 11.2. The summed E-state index contributed by atoms with van der Waals surface area (Å²) >= 11 is 0. The molecule has 0 spiro atoms. The first-order valence-corrected chi connectivity index (χ1v) is 14.0. The van der Waals surface area contributed by atoms with Gasteiger partial charge in [0.15, 0.2) is 0 Å². The summed E-state index contributed by atoms with van der Waals surface area (Å²) < 4.78 is 0. The Kier molecular flexibility index (Phi) is 6.62. The molecule has 5 nitrogen and oxygen atoms in total. The number of para-hydroxylation sites is 1. The number of amides is 2. The number of carbonyl (C=O) groups excluding carboxylic acids is 2. The number of nitrogens with one attached hydrogen (secondary N) is 2. The molecule has 0 bridgehead atoms. The maximum atomic E-state index is 14.3. The molecular weight excluding hydrogens is 458 g/mol. The monoisotopic (exact) mass is 495 g/mol. The van der Waals surface area contributed by atoms with Gasteiger partial charge in [0, 0.05) is 41.7 Å². The fourth-order valence-electron chi connectivity index (χ4n) is 7.19. The first kappa shape index (κ1) is 24.0. The highest BCUT2D eigenvalue weighted by Gasteiger charge is 2.49. The van der Waals surface area contributed by atoms with Gasteiger partial charge in [0.2, 0.25) is 5.91 Å². The quantitative estimate of drug-likeness (QED) is 0.564. The van der Waals surface area contributed by atoms with E-state index >= 15 is 0 Å². The molecule has 1 unspecified atom stereocenters. The van der Waals surface area contributed by atoms with Gasteiger partial charge in [-0.25, -0.2) is 0 Å². The first-order chi connectivity index (χ1) is 18.1. The number of carbonyl (C=O) groups is 2. The van der Waals surface area contributed by atoms with Crippen molar-refractivity contribution in [1.82, 2.24) is 10.2 Å². The van der Waals surface area contributed by atoms with E-state index in [1.54, 1.807) is 0 Å². The zero-order chi connectivity index (χ0) is 25.4. The average molecular weight is 496 g/mol. The average Bonchev–Trinajstić information content (AvgIpc) is 3.39. The molecule has 2 heterocycles. The summed E-state index contributed by atoms with van der Waals surface area (Å²) in [6.45, 7) is 2.94. The molecule has 2 aliphatic carbocycles. The minimum Gasteiger partial charge on any atom is -0.381 e. The third kappa shape index (κ3) is 4.49. The van der Waals surface area contributed by atoms with Crippen LogP contribution in [-0.2, 0) is 4.79 Å². The van der Waals surface area contributed by atoms with Gasteiger partial charge < -0.3 is 15.5 Å². The van der Waals surface area contributed by atoms with Crippen LogP contribution in [0.15, 0.2) is 72.8 Å². The highest BCUT2D eigenvalue weighted by molar-refractivity contribution is 5.95. The predicted octanol–water partition coefficient (Wildman–Crippen LogP) is 5.80. The van der Waals surface area contributed by atoms with E-state index in [4.69, 9.17) is 0 Å². The van der Waals surface area contributed by atoms with Crippen molar-refractivity contribution in [2.24, 2.45) is 17.8 Å². The molecule has 2 aromatic rings. The van der Waals surface area contributed by atoms with Crippen LogP contribution in [0.3, 0.4) is 0 Å². The van der Waals surface area contributed by atoms with Crippen LogP contribution in [0.1, 0.15) is 66.1 Å². The van der Waals surface area contributed by atoms with E-state index in [1.165, 1.54) is 16.8 Å². The van der Waals surface area contributed by atoms with E-state index in [2.05, 4.69) is 65.0 Å². The summed E-state index contributed by atoms with van der Waals surface area (Å²) in [5.74, 6) is 0.773. The van der Waals surface area contributed by atoms with E-state index in [9.17, 15) is 9.59 Å². The van der Waals surface area contributed by atoms with Crippen LogP contribution in [0.4, 0.5) is 5.69 Å². The number of fused-ring (bicyclic) bond motifs is 3. The van der Waals surface area contributed by atoms with E-state index in [0.717, 1.165) is 45.1 Å². The molecule has 192 valence electrons. The molecular formula is C32H37N3O2. The van der Waals surface area contributed by atoms with E-state index in [1.807, 2.05) is 30.3 Å². The Morgan fingerprint density at radius 2 is 1.81 bits per heavy atom. The maximum absolute atomic E-state index is 14.3. The zero-order valence-corrected chi connectivity index (χ0v) is 21.6. The zero-order valence-electron chi connectivity index (χ0n) is 21.6. The van der Waals surface area contributed by atoms with E-state index in [0.29, 0.717) is 23.4 Å². The lowest BCUT2D eigenvalue weighted by atomic mass is 9.75. The fraction of sp³-hybridized carbons (Fsp3) is 0.438. The molecule has 4 aliphatic rings. The van der Waals surface area contributed by atoms with Crippen molar-refractivity contribution in [3.05, 3.63) is 89.5 Å². The van der Waals surface area contributed by atoms with Crippen molar-refractivity contribution in [3.63, 3.8) is 0 Å². The summed E-state index contributed by atoms with van der Waals surface area (Å²) in [7, 11) is 0. The van der Waals surface area contributed by atoms with Gasteiger partial charge in [0.05, 0.1) is 12.0 Å². The minimum absolute atomic E-state index is 0.0790. The number of rotatable bonds is 4. The van der Waals surface area contributed by atoms with Crippen LogP contribution in [0.2, 0.25) is 0 Å². The summed E-state index contributed by atoms with van der Waals surface area (Å²) in [6, 6.07) is 16.1. The van der Waals surface area contributed by atoms with Crippen LogP contribution in [-0.4, -0.2) is 35.3 Å². The molecule has 2 fully saturated rings. The smallest absolute Gasteiger partial charge is 0.251 e. The predicted molar refractivity (Wildman–Crippen MR) is 147 cm³/mol. The van der Waals surface area contributed by atoms with Gasteiger partial charge in [-0.15, -0.1) is 0 Å². The van der Waals surface area contributed by atoms with Gasteiger partial charge in [-0.1, -0.05) is 73.5 Å². The van der Waals surface area contributed by atoms with Crippen molar-refractivity contribution in [3.8, 4) is 0 Å². The lowest BCUT2D eigenvalue weighted by molar-refractivity contribution is -0.139. The minimum atomic E-state index is -0.167. The second kappa shape index (κ2) is 10.2. The van der Waals surface area contributed by atoms with E-state index in [-0.39, 0.29) is 29.8 Å². The Labute approximate surface area is 220 Å². The van der Waals surface area contributed by atoms with Crippen LogP contribution >= 0.6 is 0 Å². The fourth-order valence-corrected chi connectivity index (χ4v) is 7.19. The van der Waals surface area contributed by atoms with Gasteiger partial charge in [-0.05, 0) is 55.9 Å². The second-order valence-corrected chi connectivity index (χ2v) is 11.2. The van der Waals surface area contributed by atoms with Gasteiger partial charge in [0.25, 0.3) is 5.91 Å². The summed E-state index contributed by atoms with van der Waals surface area (Å²) in [6.07, 6.45) is 14.7. The topological polar surface area (TPSA) is 61.4 Å². The number of allylic oxidation sites excluding steroid dienone is 3. The van der Waals surface area contributed by atoms with Crippen LogP contribution in [0.5, 0.6) is 0 Å². The van der Waals surface area contributed by atoms with Crippen molar-refractivity contribution < 1.29 is 9.59 Å². The summed E-state index contributed by atoms with van der Waals surface area (Å²) in [5.41, 5.74) is 4.35. The largest absolute Gasteiger partial charge is 0.381 e. The van der Waals surface area contributed by atoms with Gasteiger partial charge >= 0.3 is 0 Å². The third-order valence-electron chi connectivity index (χ3n) is 9.03. The van der Waals surface area contributed by atoms with Gasteiger partial charge in [-0.3, -0.25) is 9.59 Å². The molecule has 1 saturated carbocycles. The molecule has 2 N–H and O–H groups in total. The lowest BCUT2D eigenvalue weighted by Gasteiger charge is -2.44. The molecule has 0 radical (unpaired) electrons. The molecule has 6 rings (SSSR count). The normalized spacial score (nSPS) is 30.2. The molecule has 2 amide bonds. The number of nitrogens with zero attached hydrogens (tertiary/aromatic N) is 1. The number of benzene rings is 2. The SMILES string of the molecule is Cc1cccc2c1N[C@@H](C1C=CC=CC1)[C@H]1CCN(C(=O)[C@H]3CCCC[C@H]3NC(=O)c3ccccc3)[C@@H]21. The summed E-state index contributed by atoms with van der Waals surface area (Å²) in [4.78, 5) is 29.5. The third-order valence-corrected chi connectivity index (χ3v) is 9.03. The maximum Gasteiger partial charge on any atom is 0.251 e. The molecule has 1 saturated heterocycles. The molecule has 2 aliphatic heterocycles. The van der Waals surface area contributed by atoms with Gasteiger partial charge in [0.1, 0.15) is 0 Å². The standard InChI is InChI=1S/C32H37N3O2/c1-21-11-10-17-25-28(21)34-29(22-12-4-2-5-13-22)26-19-20-35(30(25)26)32(37)24-16-8-9-18-27(24)33-31(36)23-14-6-3-7-15-23/h2-7,10-12,14-15,17,22,24,26-27,29-30,34H,8-9,13,16,18-20H2,1H3,(H,33,36)/t22?,24-,26+,27+,29-,30-/m0/s1. The number of hydrogen-bond acceptors (Lipinski definition) is 3. The molecule has 0 aromatic heterocycles. The lowest BCUT2D eigenvalue weighted by Crippen LogP contribution is -2.51. The van der Waals surface area contributed by atoms with Crippen LogP contribution < -0.4 is 10.6 Å². The van der Waals surface area contributed by atoms with Crippen molar-refractivity contribution in [1.29, 1.82) is 0 Å². The Hall–Kier alpha value is -3.34. The Balaban J connectivity index is 1.28. The van der Waals surface area contributed by atoms with Crippen LogP contribution in [0, 0.1) is 24.7 Å². The Morgan fingerprint density at radius 3 is 2.62 bits per heavy atom. The molecule has 37 heavy (non-hydrogen) atoms. The van der Waals surface area contributed by atoms with Gasteiger partial charge in [-0.2, -0.15) is 0 Å². The number of hydrogen-bond donors (Lipinski definition) is 2. The Bertz CT molecular complexity index is 1220. The molecule has 6 atom stereocenters. The van der Waals surface area contributed by atoms with E-state index < -0.39 is 0 Å². The van der Waals surface area contributed by atoms with Crippen molar-refractivity contribution >= 4 is 17.5 Å². The number of likely N-dealkylation sites (tertiary alicyclic amines) is 1. The van der Waals surface area contributed by atoms with Crippen molar-refractivity contribution in [2.45, 2.75) is 63.6 Å². The molecule has 5 heteroatoms. The number of aryl methyl sites for hydroxylation is 1. The Morgan fingerprint density at radius 1 is 0.973 bits per heavy atom.